The Balaban J connectivity index is 1.49. The summed E-state index contributed by atoms with van der Waals surface area (Å²) in [5.41, 5.74) is 5.81. The fourth-order valence-corrected chi connectivity index (χ4v) is 4.20. The van der Waals surface area contributed by atoms with Gasteiger partial charge >= 0.3 is 0 Å². The Labute approximate surface area is 162 Å². The minimum absolute atomic E-state index is 0.246. The minimum Gasteiger partial charge on any atom is -0.358 e. The summed E-state index contributed by atoms with van der Waals surface area (Å²) in [4.78, 5) is 12.4. The third-order valence-electron chi connectivity index (χ3n) is 5.42. The lowest BCUT2D eigenvalue weighted by atomic mass is 9.91. The SMILES string of the molecule is CC(C)c1cnn2c(NC3CCc4[nH]c5ccccc5c4C3)nc(Cl)nc12. The van der Waals surface area contributed by atoms with Crippen LogP contribution < -0.4 is 5.32 Å². The van der Waals surface area contributed by atoms with E-state index in [4.69, 9.17) is 11.6 Å². The van der Waals surface area contributed by atoms with Gasteiger partial charge in [0.15, 0.2) is 5.65 Å². The molecule has 1 aliphatic rings. The zero-order valence-electron chi connectivity index (χ0n) is 15.3. The fourth-order valence-electron chi connectivity index (χ4n) is 4.04. The van der Waals surface area contributed by atoms with Crippen LogP contribution in [0.5, 0.6) is 0 Å². The van der Waals surface area contributed by atoms with Crippen LogP contribution in [0.1, 0.15) is 43.0 Å². The number of aromatic amines is 1. The van der Waals surface area contributed by atoms with Gasteiger partial charge in [0, 0.05) is 28.2 Å². The lowest BCUT2D eigenvalue weighted by molar-refractivity contribution is 0.599. The molecule has 1 aromatic carbocycles. The van der Waals surface area contributed by atoms with E-state index in [1.807, 2.05) is 6.20 Å². The van der Waals surface area contributed by atoms with Gasteiger partial charge in [-0.15, -0.1) is 0 Å². The molecule has 3 aromatic heterocycles. The normalized spacial score (nSPS) is 17.0. The maximum atomic E-state index is 6.21. The topological polar surface area (TPSA) is 70.9 Å². The van der Waals surface area contributed by atoms with Crippen LogP contribution in [0, 0.1) is 0 Å². The fraction of sp³-hybridized carbons (Fsp3) is 0.350. The first-order chi connectivity index (χ1) is 13.1. The van der Waals surface area contributed by atoms with Gasteiger partial charge in [0.2, 0.25) is 11.2 Å². The smallest absolute Gasteiger partial charge is 0.228 e. The van der Waals surface area contributed by atoms with Gasteiger partial charge in [0.1, 0.15) is 0 Å². The molecule has 7 heteroatoms. The maximum Gasteiger partial charge on any atom is 0.228 e. The van der Waals surface area contributed by atoms with Crippen molar-refractivity contribution in [3.05, 3.63) is 52.6 Å². The second-order valence-corrected chi connectivity index (χ2v) is 7.86. The van der Waals surface area contributed by atoms with Crippen LogP contribution in [-0.2, 0) is 12.8 Å². The number of nitrogens with zero attached hydrogens (tertiary/aromatic N) is 4. The molecule has 1 aliphatic carbocycles. The number of benzene rings is 1. The molecule has 0 radical (unpaired) electrons. The first-order valence-corrected chi connectivity index (χ1v) is 9.74. The molecule has 0 saturated heterocycles. The number of H-pyrrole nitrogens is 1. The number of hydrogen-bond acceptors (Lipinski definition) is 4. The van der Waals surface area contributed by atoms with Gasteiger partial charge in [-0.2, -0.15) is 19.6 Å². The molecule has 4 aromatic rings. The van der Waals surface area contributed by atoms with Crippen molar-refractivity contribution < 1.29 is 0 Å². The average Bonchev–Trinajstić information content (AvgIpc) is 3.23. The molecule has 27 heavy (non-hydrogen) atoms. The Bertz CT molecular complexity index is 1140. The van der Waals surface area contributed by atoms with E-state index < -0.39 is 0 Å². The van der Waals surface area contributed by atoms with E-state index >= 15 is 0 Å². The molecule has 5 rings (SSSR count). The van der Waals surface area contributed by atoms with Gasteiger partial charge in [0.05, 0.1) is 6.20 Å². The van der Waals surface area contributed by atoms with E-state index in [9.17, 15) is 0 Å². The summed E-state index contributed by atoms with van der Waals surface area (Å²) < 4.78 is 1.77. The van der Waals surface area contributed by atoms with Gasteiger partial charge in [0.25, 0.3) is 0 Å². The Morgan fingerprint density at radius 2 is 2.11 bits per heavy atom. The van der Waals surface area contributed by atoms with Crippen molar-refractivity contribution in [2.45, 2.75) is 45.1 Å². The average molecular weight is 381 g/mol. The summed E-state index contributed by atoms with van der Waals surface area (Å²) in [5.74, 6) is 0.981. The Kier molecular flexibility index (Phi) is 3.82. The second-order valence-electron chi connectivity index (χ2n) is 7.52. The molecular weight excluding hydrogens is 360 g/mol. The molecule has 2 N–H and O–H groups in total. The van der Waals surface area contributed by atoms with Gasteiger partial charge in [-0.05, 0) is 48.4 Å². The number of anilines is 1. The summed E-state index contributed by atoms with van der Waals surface area (Å²) in [7, 11) is 0. The van der Waals surface area contributed by atoms with Crippen LogP contribution in [0.15, 0.2) is 30.5 Å². The van der Waals surface area contributed by atoms with Crippen molar-refractivity contribution in [3.63, 3.8) is 0 Å². The number of rotatable bonds is 3. The Hall–Kier alpha value is -2.60. The quantitative estimate of drug-likeness (QED) is 0.554. The zero-order valence-corrected chi connectivity index (χ0v) is 16.1. The molecule has 0 spiro atoms. The molecule has 0 amide bonds. The monoisotopic (exact) mass is 380 g/mol. The summed E-state index contributed by atoms with van der Waals surface area (Å²) in [6.45, 7) is 4.25. The van der Waals surface area contributed by atoms with Gasteiger partial charge in [-0.25, -0.2) is 0 Å². The van der Waals surface area contributed by atoms with Crippen LogP contribution in [0.25, 0.3) is 16.6 Å². The van der Waals surface area contributed by atoms with Crippen LogP contribution in [0.4, 0.5) is 5.95 Å². The molecular formula is C20H21ClN6. The Morgan fingerprint density at radius 1 is 1.26 bits per heavy atom. The summed E-state index contributed by atoms with van der Waals surface area (Å²) >= 11 is 6.21. The van der Waals surface area contributed by atoms with Gasteiger partial charge in [-0.3, -0.25) is 0 Å². The first kappa shape index (κ1) is 16.6. The highest BCUT2D eigenvalue weighted by atomic mass is 35.5. The van der Waals surface area contributed by atoms with Crippen LogP contribution in [0.2, 0.25) is 5.28 Å². The largest absolute Gasteiger partial charge is 0.358 e. The molecule has 0 bridgehead atoms. The van der Waals surface area contributed by atoms with E-state index in [2.05, 4.69) is 63.5 Å². The van der Waals surface area contributed by atoms with Crippen molar-refractivity contribution in [1.82, 2.24) is 24.6 Å². The van der Waals surface area contributed by atoms with E-state index in [1.165, 1.54) is 22.2 Å². The number of aryl methyl sites for hydroxylation is 1. The van der Waals surface area contributed by atoms with Crippen molar-refractivity contribution in [2.24, 2.45) is 0 Å². The number of nitrogens with one attached hydrogen (secondary N) is 2. The van der Waals surface area contributed by atoms with E-state index in [0.29, 0.717) is 11.9 Å². The highest BCUT2D eigenvalue weighted by molar-refractivity contribution is 6.28. The molecule has 1 unspecified atom stereocenters. The minimum atomic E-state index is 0.246. The number of aromatic nitrogens is 5. The predicted octanol–water partition coefficient (Wildman–Crippen LogP) is 4.35. The second kappa shape index (κ2) is 6.23. The van der Waals surface area contributed by atoms with E-state index in [0.717, 1.165) is 30.5 Å². The summed E-state index contributed by atoms with van der Waals surface area (Å²) in [6, 6.07) is 8.77. The van der Waals surface area contributed by atoms with Crippen molar-refractivity contribution in [1.29, 1.82) is 0 Å². The lowest BCUT2D eigenvalue weighted by Crippen LogP contribution is -2.28. The summed E-state index contributed by atoms with van der Waals surface area (Å²) in [5, 5.41) is 9.62. The predicted molar refractivity (Wildman–Crippen MR) is 108 cm³/mol. The zero-order chi connectivity index (χ0) is 18.5. The molecule has 6 nitrogen and oxygen atoms in total. The van der Waals surface area contributed by atoms with Crippen LogP contribution in [-0.4, -0.2) is 30.6 Å². The molecule has 3 heterocycles. The number of hydrogen-bond donors (Lipinski definition) is 2. The lowest BCUT2D eigenvalue weighted by Gasteiger charge is -2.24. The standard InChI is InChI=1S/C20H21ClN6/c1-11(2)15-10-22-27-18(15)25-19(21)26-20(27)23-12-7-8-17-14(9-12)13-5-3-4-6-16(13)24-17/h3-6,10-12,24H,7-9H2,1-2H3,(H,23,25,26). The van der Waals surface area contributed by atoms with Crippen LogP contribution in [0.3, 0.4) is 0 Å². The highest BCUT2D eigenvalue weighted by Gasteiger charge is 2.24. The molecule has 138 valence electrons. The molecule has 0 aliphatic heterocycles. The van der Waals surface area contributed by atoms with E-state index in [-0.39, 0.29) is 11.3 Å². The summed E-state index contributed by atoms with van der Waals surface area (Å²) in [6.07, 6.45) is 4.84. The van der Waals surface area contributed by atoms with Crippen molar-refractivity contribution in [3.8, 4) is 0 Å². The number of para-hydroxylation sites is 1. The number of fused-ring (bicyclic) bond motifs is 4. The molecule has 0 saturated carbocycles. The number of halogens is 1. The third-order valence-corrected chi connectivity index (χ3v) is 5.59. The van der Waals surface area contributed by atoms with Crippen molar-refractivity contribution in [2.75, 3.05) is 5.32 Å². The van der Waals surface area contributed by atoms with Gasteiger partial charge < -0.3 is 10.3 Å². The maximum absolute atomic E-state index is 6.21. The highest BCUT2D eigenvalue weighted by Crippen LogP contribution is 2.30. The third kappa shape index (κ3) is 2.75. The Morgan fingerprint density at radius 3 is 2.96 bits per heavy atom. The molecule has 0 fully saturated rings. The van der Waals surface area contributed by atoms with Crippen LogP contribution >= 0.6 is 11.6 Å². The van der Waals surface area contributed by atoms with Gasteiger partial charge in [-0.1, -0.05) is 32.0 Å². The molecule has 1 atom stereocenters. The first-order valence-electron chi connectivity index (χ1n) is 9.36. The van der Waals surface area contributed by atoms with E-state index in [1.54, 1.807) is 4.52 Å². The van der Waals surface area contributed by atoms with Crippen molar-refractivity contribution >= 4 is 34.1 Å².